The normalized spacial score (nSPS) is 12.2. The van der Waals surface area contributed by atoms with E-state index in [2.05, 4.69) is 21.2 Å². The number of carbonyl (C=O) groups is 1. The van der Waals surface area contributed by atoms with Crippen LogP contribution in [0.15, 0.2) is 18.2 Å². The SMILES string of the molecule is CCC(CBr)NC(=O)c1c(F)cccc1F. The predicted molar refractivity (Wildman–Crippen MR) is 61.7 cm³/mol. The topological polar surface area (TPSA) is 29.1 Å². The third-order valence-corrected chi connectivity index (χ3v) is 2.99. The lowest BCUT2D eigenvalue weighted by atomic mass is 10.1. The molecular formula is C11H12BrF2NO. The highest BCUT2D eigenvalue weighted by molar-refractivity contribution is 9.09. The molecule has 1 aromatic rings. The first-order valence-corrected chi connectivity index (χ1v) is 6.03. The number of hydrogen-bond donors (Lipinski definition) is 1. The molecule has 1 rings (SSSR count). The molecule has 0 aliphatic carbocycles. The number of alkyl halides is 1. The van der Waals surface area contributed by atoms with Crippen molar-refractivity contribution in [2.45, 2.75) is 19.4 Å². The lowest BCUT2D eigenvalue weighted by molar-refractivity contribution is 0.0931. The van der Waals surface area contributed by atoms with Gasteiger partial charge in [-0.15, -0.1) is 0 Å². The summed E-state index contributed by atoms with van der Waals surface area (Å²) in [7, 11) is 0. The van der Waals surface area contributed by atoms with Gasteiger partial charge in [-0.25, -0.2) is 8.78 Å². The molecule has 0 aliphatic rings. The molecular weight excluding hydrogens is 280 g/mol. The molecule has 1 aromatic carbocycles. The Morgan fingerprint density at radius 3 is 2.44 bits per heavy atom. The first kappa shape index (κ1) is 13.1. The summed E-state index contributed by atoms with van der Waals surface area (Å²) in [4.78, 5) is 11.6. The fourth-order valence-corrected chi connectivity index (χ4v) is 1.84. The number of benzene rings is 1. The minimum atomic E-state index is -0.845. The molecule has 1 unspecified atom stereocenters. The van der Waals surface area contributed by atoms with Gasteiger partial charge in [0.15, 0.2) is 0 Å². The van der Waals surface area contributed by atoms with Crippen molar-refractivity contribution in [3.05, 3.63) is 35.4 Å². The van der Waals surface area contributed by atoms with E-state index in [9.17, 15) is 13.6 Å². The van der Waals surface area contributed by atoms with Gasteiger partial charge in [0.1, 0.15) is 17.2 Å². The van der Waals surface area contributed by atoms with E-state index in [4.69, 9.17) is 0 Å². The van der Waals surface area contributed by atoms with Crippen LogP contribution in [0.1, 0.15) is 23.7 Å². The molecule has 1 amide bonds. The fraction of sp³-hybridized carbons (Fsp3) is 0.364. The molecule has 2 nitrogen and oxygen atoms in total. The molecule has 0 heterocycles. The Morgan fingerprint density at radius 2 is 2.00 bits per heavy atom. The summed E-state index contributed by atoms with van der Waals surface area (Å²) in [5.74, 6) is -2.41. The molecule has 0 saturated carbocycles. The molecule has 0 bridgehead atoms. The second-order valence-electron chi connectivity index (χ2n) is 3.33. The van der Waals surface area contributed by atoms with Crippen molar-refractivity contribution in [2.24, 2.45) is 0 Å². The first-order valence-electron chi connectivity index (χ1n) is 4.91. The second kappa shape index (κ2) is 5.94. The molecule has 1 atom stereocenters. The predicted octanol–water partition coefficient (Wildman–Crippen LogP) is 2.87. The Morgan fingerprint density at radius 1 is 1.44 bits per heavy atom. The van der Waals surface area contributed by atoms with Gasteiger partial charge in [-0.05, 0) is 18.6 Å². The van der Waals surface area contributed by atoms with Crippen LogP contribution in [0, 0.1) is 11.6 Å². The number of amides is 1. The van der Waals surface area contributed by atoms with Gasteiger partial charge in [0, 0.05) is 11.4 Å². The summed E-state index contributed by atoms with van der Waals surface area (Å²) in [5, 5.41) is 3.10. The van der Waals surface area contributed by atoms with Gasteiger partial charge < -0.3 is 5.32 Å². The average Bonchev–Trinajstić information content (AvgIpc) is 2.25. The number of carbonyl (C=O) groups excluding carboxylic acids is 1. The third-order valence-electron chi connectivity index (χ3n) is 2.20. The van der Waals surface area contributed by atoms with E-state index in [1.807, 2.05) is 6.92 Å². The zero-order valence-corrected chi connectivity index (χ0v) is 10.4. The fourth-order valence-electron chi connectivity index (χ4n) is 1.22. The summed E-state index contributed by atoms with van der Waals surface area (Å²) < 4.78 is 26.5. The van der Waals surface area contributed by atoms with E-state index in [1.54, 1.807) is 0 Å². The summed E-state index contributed by atoms with van der Waals surface area (Å²) in [6.45, 7) is 1.88. The lowest BCUT2D eigenvalue weighted by Crippen LogP contribution is -2.36. The zero-order valence-electron chi connectivity index (χ0n) is 8.77. The summed E-state index contributed by atoms with van der Waals surface area (Å²) in [6, 6.07) is 3.22. The number of halogens is 3. The summed E-state index contributed by atoms with van der Waals surface area (Å²) in [5.41, 5.74) is -0.526. The summed E-state index contributed by atoms with van der Waals surface area (Å²) in [6.07, 6.45) is 0.688. The van der Waals surface area contributed by atoms with Crippen LogP contribution in [0.3, 0.4) is 0 Å². The Kier molecular flexibility index (Phi) is 4.86. The third kappa shape index (κ3) is 3.01. The largest absolute Gasteiger partial charge is 0.348 e. The van der Waals surface area contributed by atoms with Gasteiger partial charge in [0.25, 0.3) is 5.91 Å². The van der Waals surface area contributed by atoms with E-state index in [1.165, 1.54) is 6.07 Å². The quantitative estimate of drug-likeness (QED) is 0.849. The molecule has 0 fully saturated rings. The number of rotatable bonds is 4. The highest BCUT2D eigenvalue weighted by atomic mass is 79.9. The van der Waals surface area contributed by atoms with E-state index in [0.717, 1.165) is 12.1 Å². The smallest absolute Gasteiger partial charge is 0.257 e. The van der Waals surface area contributed by atoms with Gasteiger partial charge in [-0.2, -0.15) is 0 Å². The van der Waals surface area contributed by atoms with Crippen molar-refractivity contribution in [1.82, 2.24) is 5.32 Å². The highest BCUT2D eigenvalue weighted by Crippen LogP contribution is 2.12. The van der Waals surface area contributed by atoms with Crippen LogP contribution < -0.4 is 5.32 Å². The molecule has 0 saturated heterocycles. The van der Waals surface area contributed by atoms with Crippen molar-refractivity contribution >= 4 is 21.8 Å². The molecule has 0 aliphatic heterocycles. The maximum atomic E-state index is 13.2. The lowest BCUT2D eigenvalue weighted by Gasteiger charge is -2.14. The monoisotopic (exact) mass is 291 g/mol. The molecule has 16 heavy (non-hydrogen) atoms. The van der Waals surface area contributed by atoms with Gasteiger partial charge in [-0.1, -0.05) is 28.9 Å². The van der Waals surface area contributed by atoms with Crippen LogP contribution in [-0.4, -0.2) is 17.3 Å². The first-order chi connectivity index (χ1) is 7.60. The highest BCUT2D eigenvalue weighted by Gasteiger charge is 2.18. The molecule has 0 aromatic heterocycles. The zero-order chi connectivity index (χ0) is 12.1. The Labute approximate surface area is 101 Å². The van der Waals surface area contributed by atoms with Crippen LogP contribution in [-0.2, 0) is 0 Å². The molecule has 0 radical (unpaired) electrons. The van der Waals surface area contributed by atoms with Crippen LogP contribution in [0.25, 0.3) is 0 Å². The Bertz CT molecular complexity index is 360. The Hall–Kier alpha value is -0.970. The van der Waals surface area contributed by atoms with Crippen molar-refractivity contribution in [3.8, 4) is 0 Å². The Balaban J connectivity index is 2.88. The summed E-state index contributed by atoms with van der Waals surface area (Å²) >= 11 is 3.21. The van der Waals surface area contributed by atoms with E-state index in [0.29, 0.717) is 11.8 Å². The van der Waals surface area contributed by atoms with Crippen LogP contribution in [0.5, 0.6) is 0 Å². The van der Waals surface area contributed by atoms with E-state index in [-0.39, 0.29) is 6.04 Å². The van der Waals surface area contributed by atoms with E-state index < -0.39 is 23.1 Å². The van der Waals surface area contributed by atoms with Crippen molar-refractivity contribution < 1.29 is 13.6 Å². The van der Waals surface area contributed by atoms with Crippen LogP contribution in [0.4, 0.5) is 8.78 Å². The molecule has 1 N–H and O–H groups in total. The van der Waals surface area contributed by atoms with Gasteiger partial charge in [0.2, 0.25) is 0 Å². The minimum absolute atomic E-state index is 0.133. The number of nitrogens with one attached hydrogen (secondary N) is 1. The van der Waals surface area contributed by atoms with Crippen LogP contribution >= 0.6 is 15.9 Å². The minimum Gasteiger partial charge on any atom is -0.348 e. The molecule has 5 heteroatoms. The van der Waals surface area contributed by atoms with Crippen molar-refractivity contribution in [3.63, 3.8) is 0 Å². The van der Waals surface area contributed by atoms with Crippen molar-refractivity contribution in [1.29, 1.82) is 0 Å². The molecule has 88 valence electrons. The number of hydrogen-bond acceptors (Lipinski definition) is 1. The van der Waals surface area contributed by atoms with Gasteiger partial charge in [0.05, 0.1) is 0 Å². The van der Waals surface area contributed by atoms with Crippen molar-refractivity contribution in [2.75, 3.05) is 5.33 Å². The molecule has 0 spiro atoms. The standard InChI is InChI=1S/C11H12BrF2NO/c1-2-7(6-12)15-11(16)10-8(13)4-3-5-9(10)14/h3-5,7H,2,6H2,1H3,(H,15,16). The van der Waals surface area contributed by atoms with E-state index >= 15 is 0 Å². The maximum Gasteiger partial charge on any atom is 0.257 e. The van der Waals surface area contributed by atoms with Crippen LogP contribution in [0.2, 0.25) is 0 Å². The van der Waals surface area contributed by atoms with Gasteiger partial charge >= 0.3 is 0 Å². The maximum absolute atomic E-state index is 13.2. The second-order valence-corrected chi connectivity index (χ2v) is 3.98. The average molecular weight is 292 g/mol. The van der Waals surface area contributed by atoms with Gasteiger partial charge in [-0.3, -0.25) is 4.79 Å².